The molecule has 0 aliphatic carbocycles. The summed E-state index contributed by atoms with van der Waals surface area (Å²) >= 11 is 0. The number of piperidine rings is 1. The van der Waals surface area contributed by atoms with Crippen LogP contribution in [0.2, 0.25) is 0 Å². The van der Waals surface area contributed by atoms with Gasteiger partial charge in [-0.3, -0.25) is 19.6 Å². The predicted molar refractivity (Wildman–Crippen MR) is 113 cm³/mol. The molecule has 0 radical (unpaired) electrons. The maximum Gasteiger partial charge on any atom is 0.404 e. The topological polar surface area (TPSA) is 70.4 Å². The number of rotatable bonds is 6. The van der Waals surface area contributed by atoms with Gasteiger partial charge in [-0.1, -0.05) is 55.0 Å². The van der Waals surface area contributed by atoms with E-state index in [0.717, 1.165) is 17.4 Å². The zero-order valence-corrected chi connectivity index (χ0v) is 17.4. The van der Waals surface area contributed by atoms with Crippen LogP contribution in [0.15, 0.2) is 54.7 Å². The summed E-state index contributed by atoms with van der Waals surface area (Å²) in [5, 5.41) is 14.5. The number of halogens is 3. The number of nitrogens with zero attached hydrogens (tertiary/aromatic N) is 3. The van der Waals surface area contributed by atoms with Crippen molar-refractivity contribution in [2.75, 3.05) is 6.54 Å². The van der Waals surface area contributed by atoms with Crippen molar-refractivity contribution in [3.8, 4) is 0 Å². The second-order valence-electron chi connectivity index (χ2n) is 8.17. The Hall–Kier alpha value is -2.91. The third-order valence-electron chi connectivity index (χ3n) is 6.01. The molecule has 6 nitrogen and oxygen atoms in total. The molecule has 2 heterocycles. The van der Waals surface area contributed by atoms with Crippen molar-refractivity contribution in [3.63, 3.8) is 0 Å². The third kappa shape index (κ3) is 4.78. The fraction of sp³-hybridized carbons (Fsp3) is 0.391. The van der Waals surface area contributed by atoms with Gasteiger partial charge in [-0.15, -0.1) is 0 Å². The smallest absolute Gasteiger partial charge is 0.289 e. The highest BCUT2D eigenvalue weighted by molar-refractivity contribution is 5.83. The molecule has 2 unspecified atom stereocenters. The van der Waals surface area contributed by atoms with Gasteiger partial charge in [0.2, 0.25) is 0 Å². The first-order chi connectivity index (χ1) is 15.4. The van der Waals surface area contributed by atoms with Crippen LogP contribution in [-0.4, -0.2) is 44.6 Å². The van der Waals surface area contributed by atoms with E-state index in [1.807, 2.05) is 36.4 Å². The van der Waals surface area contributed by atoms with Gasteiger partial charge in [-0.25, -0.2) is 5.48 Å². The van der Waals surface area contributed by atoms with Crippen LogP contribution in [0, 0.1) is 0 Å². The van der Waals surface area contributed by atoms with Gasteiger partial charge in [0, 0.05) is 24.5 Å². The molecule has 1 aromatic heterocycles. The van der Waals surface area contributed by atoms with Gasteiger partial charge in [0.05, 0.1) is 5.52 Å². The maximum atomic E-state index is 13.5. The van der Waals surface area contributed by atoms with Crippen molar-refractivity contribution in [3.05, 3.63) is 65.9 Å². The van der Waals surface area contributed by atoms with Crippen molar-refractivity contribution in [2.24, 2.45) is 0 Å². The van der Waals surface area contributed by atoms with Crippen LogP contribution in [0.4, 0.5) is 13.2 Å². The standard InChI is InChI=1S/C23H25F3N4O2/c24-23(25,26)20-11-4-5-12-29(20)14-17-9-6-10-18-15-30(27-21(17)18)19(22(31)28-32)13-16-7-2-1-3-8-16/h1-3,6-10,15,19-20,32H,4-5,11-14H2,(H,28,31). The number of fused-ring (bicyclic) bond motifs is 1. The summed E-state index contributed by atoms with van der Waals surface area (Å²) in [6.45, 7) is 0.513. The lowest BCUT2D eigenvalue weighted by Gasteiger charge is -2.36. The van der Waals surface area contributed by atoms with Crippen LogP contribution >= 0.6 is 0 Å². The average Bonchev–Trinajstić information content (AvgIpc) is 3.22. The van der Waals surface area contributed by atoms with E-state index in [1.54, 1.807) is 23.8 Å². The molecule has 32 heavy (non-hydrogen) atoms. The minimum absolute atomic E-state index is 0.101. The Kier molecular flexibility index (Phi) is 6.48. The van der Waals surface area contributed by atoms with Crippen molar-refractivity contribution in [1.29, 1.82) is 0 Å². The van der Waals surface area contributed by atoms with Gasteiger partial charge in [-0.05, 0) is 30.5 Å². The van der Waals surface area contributed by atoms with Crippen LogP contribution in [0.3, 0.4) is 0 Å². The zero-order chi connectivity index (χ0) is 22.7. The first kappa shape index (κ1) is 22.3. The first-order valence-electron chi connectivity index (χ1n) is 10.6. The summed E-state index contributed by atoms with van der Waals surface area (Å²) < 4.78 is 42.0. The summed E-state index contributed by atoms with van der Waals surface area (Å²) in [4.78, 5) is 13.9. The monoisotopic (exact) mass is 446 g/mol. The Morgan fingerprint density at radius 2 is 1.94 bits per heavy atom. The quantitative estimate of drug-likeness (QED) is 0.439. The minimum atomic E-state index is -4.27. The molecule has 2 aromatic carbocycles. The predicted octanol–water partition coefficient (Wildman–Crippen LogP) is 4.24. The number of hydrogen-bond donors (Lipinski definition) is 2. The largest absolute Gasteiger partial charge is 0.404 e. The average molecular weight is 446 g/mol. The van der Waals surface area contributed by atoms with Crippen molar-refractivity contribution >= 4 is 16.8 Å². The van der Waals surface area contributed by atoms with Crippen LogP contribution in [0.1, 0.15) is 36.4 Å². The maximum absolute atomic E-state index is 13.5. The summed E-state index contributed by atoms with van der Waals surface area (Å²) in [6, 6.07) is 12.5. The van der Waals surface area contributed by atoms with Gasteiger partial charge < -0.3 is 0 Å². The summed E-state index contributed by atoms with van der Waals surface area (Å²) in [6.07, 6.45) is -0.876. The minimum Gasteiger partial charge on any atom is -0.289 e. The molecule has 2 N–H and O–H groups in total. The van der Waals surface area contributed by atoms with Crippen LogP contribution in [0.5, 0.6) is 0 Å². The third-order valence-corrected chi connectivity index (χ3v) is 6.01. The van der Waals surface area contributed by atoms with Gasteiger partial charge in [-0.2, -0.15) is 18.3 Å². The molecule has 170 valence electrons. The number of likely N-dealkylation sites (tertiary alicyclic amines) is 1. The Labute approximate surface area is 183 Å². The molecular weight excluding hydrogens is 421 g/mol. The lowest BCUT2D eigenvalue weighted by molar-refractivity contribution is -0.192. The van der Waals surface area contributed by atoms with Crippen molar-refractivity contribution in [1.82, 2.24) is 20.2 Å². The number of hydroxylamine groups is 1. The van der Waals surface area contributed by atoms with E-state index in [2.05, 4.69) is 5.10 Å². The molecule has 1 fully saturated rings. The Balaban J connectivity index is 1.65. The molecule has 0 saturated carbocycles. The van der Waals surface area contributed by atoms with E-state index < -0.39 is 24.2 Å². The number of benzene rings is 2. The Bertz CT molecular complexity index is 1070. The van der Waals surface area contributed by atoms with Gasteiger partial charge >= 0.3 is 6.18 Å². The number of amides is 1. The molecule has 1 amide bonds. The molecular formula is C23H25F3N4O2. The molecule has 9 heteroatoms. The Morgan fingerprint density at radius 3 is 2.66 bits per heavy atom. The molecule has 1 saturated heterocycles. The highest BCUT2D eigenvalue weighted by Crippen LogP contribution is 2.33. The van der Waals surface area contributed by atoms with E-state index in [4.69, 9.17) is 0 Å². The number of alkyl halides is 3. The molecule has 1 aliphatic heterocycles. The molecule has 1 aliphatic rings. The van der Waals surface area contributed by atoms with Gasteiger partial charge in [0.15, 0.2) is 0 Å². The number of carbonyl (C=O) groups is 1. The highest BCUT2D eigenvalue weighted by atomic mass is 19.4. The SMILES string of the molecule is O=C(NO)C(Cc1ccccc1)n1cc2cccc(CN3CCCCC3C(F)(F)F)c2n1. The molecule has 0 spiro atoms. The number of aromatic nitrogens is 2. The second-order valence-corrected chi connectivity index (χ2v) is 8.17. The lowest BCUT2D eigenvalue weighted by atomic mass is 10.0. The second kappa shape index (κ2) is 9.30. The van der Waals surface area contributed by atoms with Crippen LogP contribution < -0.4 is 5.48 Å². The van der Waals surface area contributed by atoms with E-state index in [1.165, 1.54) is 9.58 Å². The zero-order valence-electron chi connectivity index (χ0n) is 17.4. The van der Waals surface area contributed by atoms with Crippen molar-refractivity contribution in [2.45, 2.75) is 50.5 Å². The van der Waals surface area contributed by atoms with E-state index in [9.17, 15) is 23.2 Å². The summed E-state index contributed by atoms with van der Waals surface area (Å²) in [5.74, 6) is -0.614. The van der Waals surface area contributed by atoms with Gasteiger partial charge in [0.1, 0.15) is 12.1 Å². The molecule has 3 aromatic rings. The highest BCUT2D eigenvalue weighted by Gasteiger charge is 2.44. The normalized spacial score (nSPS) is 18.6. The van der Waals surface area contributed by atoms with Crippen LogP contribution in [0.25, 0.3) is 10.9 Å². The number of carbonyl (C=O) groups excluding carboxylic acids is 1. The molecule has 4 rings (SSSR count). The fourth-order valence-corrected chi connectivity index (χ4v) is 4.40. The molecule has 2 atom stereocenters. The molecule has 0 bridgehead atoms. The number of hydrogen-bond acceptors (Lipinski definition) is 4. The summed E-state index contributed by atoms with van der Waals surface area (Å²) in [7, 11) is 0. The van der Waals surface area contributed by atoms with E-state index in [0.29, 0.717) is 30.5 Å². The lowest BCUT2D eigenvalue weighted by Crippen LogP contribution is -2.48. The van der Waals surface area contributed by atoms with E-state index in [-0.39, 0.29) is 13.0 Å². The first-order valence-corrected chi connectivity index (χ1v) is 10.6. The Morgan fingerprint density at radius 1 is 1.16 bits per heavy atom. The van der Waals surface area contributed by atoms with Crippen LogP contribution in [-0.2, 0) is 17.8 Å². The fourth-order valence-electron chi connectivity index (χ4n) is 4.40. The van der Waals surface area contributed by atoms with Gasteiger partial charge in [0.25, 0.3) is 5.91 Å². The number of nitrogens with one attached hydrogen (secondary N) is 1. The van der Waals surface area contributed by atoms with Crippen molar-refractivity contribution < 1.29 is 23.2 Å². The summed E-state index contributed by atoms with van der Waals surface area (Å²) in [5.41, 5.74) is 3.83. The van der Waals surface area contributed by atoms with E-state index >= 15 is 0 Å².